The Kier molecular flexibility index (Phi) is 8.08. The highest BCUT2D eigenvalue weighted by molar-refractivity contribution is 5.66. The molecule has 0 bridgehead atoms. The molecule has 1 aliphatic rings. The van der Waals surface area contributed by atoms with E-state index in [9.17, 15) is 22.8 Å². The summed E-state index contributed by atoms with van der Waals surface area (Å²) in [7, 11) is 0. The van der Waals surface area contributed by atoms with E-state index in [0.717, 1.165) is 5.94 Å². The summed E-state index contributed by atoms with van der Waals surface area (Å²) in [6, 6.07) is 0. The fraction of sp³-hybridized carbons (Fsp3) is 0.462. The number of allylic oxidation sites excluding steroid dienone is 4. The second-order valence-corrected chi connectivity index (χ2v) is 3.44. The van der Waals surface area contributed by atoms with Gasteiger partial charge in [-0.3, -0.25) is 4.79 Å². The van der Waals surface area contributed by atoms with Crippen molar-refractivity contribution >= 4 is 11.9 Å². The van der Waals surface area contributed by atoms with Crippen molar-refractivity contribution < 1.29 is 32.2 Å². The molecule has 1 unspecified atom stereocenters. The topological polar surface area (TPSA) is 52.6 Å². The molecule has 0 aromatic carbocycles. The Balaban J connectivity index is 0.000000511. The summed E-state index contributed by atoms with van der Waals surface area (Å²) in [6.07, 6.45) is -1.78. The highest BCUT2D eigenvalue weighted by Gasteiger charge is 2.31. The number of halogens is 3. The van der Waals surface area contributed by atoms with Gasteiger partial charge < -0.3 is 9.47 Å². The highest BCUT2D eigenvalue weighted by Crippen LogP contribution is 2.31. The molecule has 0 N–H and O–H groups in total. The van der Waals surface area contributed by atoms with Crippen molar-refractivity contribution in [3.05, 3.63) is 29.1 Å². The van der Waals surface area contributed by atoms with Crippen LogP contribution in [0.15, 0.2) is 29.1 Å². The first kappa shape index (κ1) is 18.0. The normalized spacial score (nSPS) is 17.6. The van der Waals surface area contributed by atoms with E-state index in [0.29, 0.717) is 12.7 Å². The van der Waals surface area contributed by atoms with Gasteiger partial charge >= 0.3 is 5.97 Å². The lowest BCUT2D eigenvalue weighted by atomic mass is 10.0. The minimum absolute atomic E-state index is 0.0827. The standard InChI is InChI=1S/C9H7F3O2.C4H8O2/c1-2-14-7-3-6(10)5(4-13)8(11)9(7)12;1-3-6-4(2)5/h3,8H,2H2,1H3;3H2,1-2H3. The average Bonchev–Trinajstić information content (AvgIpc) is 2.37. The maximum atomic E-state index is 13.0. The van der Waals surface area contributed by atoms with Gasteiger partial charge in [0.25, 0.3) is 0 Å². The van der Waals surface area contributed by atoms with Crippen molar-refractivity contribution in [1.82, 2.24) is 0 Å². The molecule has 4 nitrogen and oxygen atoms in total. The molecule has 0 spiro atoms. The lowest BCUT2D eigenvalue weighted by Crippen LogP contribution is -2.14. The van der Waals surface area contributed by atoms with Crippen molar-refractivity contribution in [3.8, 4) is 0 Å². The van der Waals surface area contributed by atoms with Crippen LogP contribution in [0.1, 0.15) is 20.8 Å². The van der Waals surface area contributed by atoms with Crippen LogP contribution in [-0.4, -0.2) is 31.3 Å². The van der Waals surface area contributed by atoms with Gasteiger partial charge in [0.2, 0.25) is 0 Å². The van der Waals surface area contributed by atoms with Gasteiger partial charge in [-0.15, -0.1) is 0 Å². The van der Waals surface area contributed by atoms with Crippen LogP contribution in [0.2, 0.25) is 0 Å². The summed E-state index contributed by atoms with van der Waals surface area (Å²) in [5.41, 5.74) is -0.967. The lowest BCUT2D eigenvalue weighted by Gasteiger charge is -2.15. The van der Waals surface area contributed by atoms with Crippen LogP contribution in [-0.2, 0) is 19.1 Å². The van der Waals surface area contributed by atoms with E-state index in [-0.39, 0.29) is 12.6 Å². The molecule has 0 saturated carbocycles. The Morgan fingerprint density at radius 3 is 2.30 bits per heavy atom. The number of alkyl halides is 1. The Hall–Kier alpha value is -2.01. The minimum atomic E-state index is -2.42. The number of rotatable bonds is 3. The van der Waals surface area contributed by atoms with Crippen molar-refractivity contribution in [3.63, 3.8) is 0 Å². The molecule has 0 aromatic rings. The van der Waals surface area contributed by atoms with E-state index >= 15 is 0 Å². The number of hydrogen-bond donors (Lipinski definition) is 0. The van der Waals surface area contributed by atoms with E-state index in [1.165, 1.54) is 6.92 Å². The summed E-state index contributed by atoms with van der Waals surface area (Å²) < 4.78 is 47.9. The first-order valence-electron chi connectivity index (χ1n) is 5.81. The SMILES string of the molecule is CCOC(C)=O.CCOC1=C(F)C(F)C(=C=O)C(F)=C1. The molecule has 0 fully saturated rings. The van der Waals surface area contributed by atoms with E-state index in [1.54, 1.807) is 13.8 Å². The summed E-state index contributed by atoms with van der Waals surface area (Å²) in [6.45, 7) is 5.28. The van der Waals surface area contributed by atoms with Crippen molar-refractivity contribution in [2.45, 2.75) is 26.9 Å². The van der Waals surface area contributed by atoms with Crippen LogP contribution in [0.5, 0.6) is 0 Å². The van der Waals surface area contributed by atoms with Crippen molar-refractivity contribution in [1.29, 1.82) is 0 Å². The number of ether oxygens (including phenoxy) is 2. The second kappa shape index (κ2) is 8.98. The number of carbonyl (C=O) groups is 1. The summed E-state index contributed by atoms with van der Waals surface area (Å²) in [5.74, 6) is -2.17. The largest absolute Gasteiger partial charge is 0.491 e. The van der Waals surface area contributed by atoms with Gasteiger partial charge in [-0.1, -0.05) is 0 Å². The van der Waals surface area contributed by atoms with Gasteiger partial charge in [-0.2, -0.15) is 0 Å². The molecule has 20 heavy (non-hydrogen) atoms. The van der Waals surface area contributed by atoms with Crippen molar-refractivity contribution in [2.75, 3.05) is 13.2 Å². The van der Waals surface area contributed by atoms with Crippen LogP contribution in [0.25, 0.3) is 0 Å². The van der Waals surface area contributed by atoms with Gasteiger partial charge in [-0.05, 0) is 13.8 Å². The Labute approximate surface area is 114 Å². The molecule has 0 heterocycles. The van der Waals surface area contributed by atoms with Crippen LogP contribution in [0.3, 0.4) is 0 Å². The molecule has 1 aliphatic carbocycles. The van der Waals surface area contributed by atoms with Crippen LogP contribution in [0.4, 0.5) is 13.2 Å². The molecule has 1 rings (SSSR count). The van der Waals surface area contributed by atoms with Crippen molar-refractivity contribution in [2.24, 2.45) is 0 Å². The third-order valence-corrected chi connectivity index (χ3v) is 1.98. The summed E-state index contributed by atoms with van der Waals surface area (Å²) in [5, 5.41) is 0. The third kappa shape index (κ3) is 5.32. The Morgan fingerprint density at radius 2 is 1.95 bits per heavy atom. The molecule has 0 saturated heterocycles. The lowest BCUT2D eigenvalue weighted by molar-refractivity contribution is -0.140. The zero-order valence-corrected chi connectivity index (χ0v) is 11.3. The molecule has 0 amide bonds. The second-order valence-electron chi connectivity index (χ2n) is 3.44. The van der Waals surface area contributed by atoms with Crippen LogP contribution < -0.4 is 0 Å². The molecule has 7 heteroatoms. The van der Waals surface area contributed by atoms with E-state index in [1.807, 2.05) is 0 Å². The summed E-state index contributed by atoms with van der Waals surface area (Å²) in [4.78, 5) is 19.9. The quantitative estimate of drug-likeness (QED) is 0.593. The predicted molar refractivity (Wildman–Crippen MR) is 65.4 cm³/mol. The first-order chi connectivity index (χ1) is 9.38. The molecular weight excluding hydrogens is 277 g/mol. The number of carbonyl (C=O) groups excluding carboxylic acids is 2. The zero-order chi connectivity index (χ0) is 15.7. The number of hydrogen-bond acceptors (Lipinski definition) is 4. The summed E-state index contributed by atoms with van der Waals surface area (Å²) >= 11 is 0. The van der Waals surface area contributed by atoms with Gasteiger partial charge in [0.15, 0.2) is 17.8 Å². The fourth-order valence-corrected chi connectivity index (χ4v) is 1.20. The molecular formula is C13H15F3O4. The predicted octanol–water partition coefficient (Wildman–Crippen LogP) is 2.74. The molecule has 0 radical (unpaired) electrons. The van der Waals surface area contributed by atoms with Gasteiger partial charge in [-0.25, -0.2) is 18.0 Å². The van der Waals surface area contributed by atoms with Gasteiger partial charge in [0.05, 0.1) is 13.2 Å². The van der Waals surface area contributed by atoms with E-state index in [4.69, 9.17) is 0 Å². The monoisotopic (exact) mass is 292 g/mol. The average molecular weight is 292 g/mol. The van der Waals surface area contributed by atoms with E-state index < -0.39 is 29.2 Å². The zero-order valence-electron chi connectivity index (χ0n) is 11.3. The number of esters is 1. The third-order valence-electron chi connectivity index (χ3n) is 1.98. The van der Waals surface area contributed by atoms with Crippen LogP contribution >= 0.6 is 0 Å². The molecule has 0 aliphatic heterocycles. The minimum Gasteiger partial charge on any atom is -0.491 e. The molecule has 112 valence electrons. The highest BCUT2D eigenvalue weighted by atomic mass is 19.2. The van der Waals surface area contributed by atoms with Gasteiger partial charge in [0.1, 0.15) is 17.3 Å². The molecule has 1 atom stereocenters. The smallest absolute Gasteiger partial charge is 0.302 e. The molecule has 0 aromatic heterocycles. The fourth-order valence-electron chi connectivity index (χ4n) is 1.20. The van der Waals surface area contributed by atoms with E-state index in [2.05, 4.69) is 9.47 Å². The van der Waals surface area contributed by atoms with Gasteiger partial charge in [0, 0.05) is 13.0 Å². The maximum Gasteiger partial charge on any atom is 0.302 e. The van der Waals surface area contributed by atoms with Crippen LogP contribution in [0, 0.1) is 0 Å². The Morgan fingerprint density at radius 1 is 1.35 bits per heavy atom. The maximum absolute atomic E-state index is 13.0. The first-order valence-corrected chi connectivity index (χ1v) is 5.81. The Bertz CT molecular complexity index is 462.